The summed E-state index contributed by atoms with van der Waals surface area (Å²) >= 11 is 0. The fourth-order valence-electron chi connectivity index (χ4n) is 2.94. The number of nitrogens with zero attached hydrogens (tertiary/aromatic N) is 2. The highest BCUT2D eigenvalue weighted by molar-refractivity contribution is 7.89. The van der Waals surface area contributed by atoms with Crippen molar-refractivity contribution in [3.63, 3.8) is 0 Å². The monoisotopic (exact) mass is 345 g/mol. The Bertz CT molecular complexity index is 828. The predicted octanol–water partition coefficient (Wildman–Crippen LogP) is 2.78. The van der Waals surface area contributed by atoms with Gasteiger partial charge in [-0.15, -0.1) is 0 Å². The summed E-state index contributed by atoms with van der Waals surface area (Å²) in [7, 11) is -3.53. The molecule has 1 saturated heterocycles. The molecule has 0 spiro atoms. The summed E-state index contributed by atoms with van der Waals surface area (Å²) in [4.78, 5) is 6.98. The molecule has 1 aromatic carbocycles. The minimum absolute atomic E-state index is 0.263. The van der Waals surface area contributed by atoms with Gasteiger partial charge >= 0.3 is 0 Å². The molecular weight excluding hydrogens is 322 g/mol. The van der Waals surface area contributed by atoms with Gasteiger partial charge in [0.15, 0.2) is 0 Å². The zero-order valence-corrected chi connectivity index (χ0v) is 14.9. The van der Waals surface area contributed by atoms with Gasteiger partial charge in [-0.1, -0.05) is 12.1 Å². The Labute approximate surface area is 143 Å². The minimum atomic E-state index is -3.53. The number of aromatic nitrogens is 1. The fourth-order valence-corrected chi connectivity index (χ4v) is 4.29. The zero-order chi connectivity index (χ0) is 17.2. The number of rotatable bonds is 5. The first kappa shape index (κ1) is 16.9. The molecule has 1 N–H and O–H groups in total. The number of anilines is 1. The molecule has 0 bridgehead atoms. The van der Waals surface area contributed by atoms with Gasteiger partial charge < -0.3 is 4.90 Å². The molecule has 1 fully saturated rings. The van der Waals surface area contributed by atoms with Gasteiger partial charge in [0.05, 0.1) is 4.90 Å². The van der Waals surface area contributed by atoms with Crippen LogP contribution < -0.4 is 9.62 Å². The Morgan fingerprint density at radius 3 is 2.62 bits per heavy atom. The molecule has 0 unspecified atom stereocenters. The summed E-state index contributed by atoms with van der Waals surface area (Å²) in [5, 5.41) is 0. The molecule has 6 heteroatoms. The number of nitrogens with one attached hydrogen (secondary N) is 1. The lowest BCUT2D eigenvalue weighted by molar-refractivity contribution is 0.580. The van der Waals surface area contributed by atoms with E-state index in [1.165, 1.54) is 12.8 Å². The third-order valence-corrected chi connectivity index (χ3v) is 5.88. The van der Waals surface area contributed by atoms with Crippen LogP contribution in [0.15, 0.2) is 41.4 Å². The van der Waals surface area contributed by atoms with Crippen LogP contribution in [-0.2, 0) is 16.6 Å². The van der Waals surface area contributed by atoms with Crippen molar-refractivity contribution < 1.29 is 8.42 Å². The Kier molecular flexibility index (Phi) is 4.87. The van der Waals surface area contributed by atoms with Crippen molar-refractivity contribution in [3.8, 4) is 0 Å². The second-order valence-corrected chi connectivity index (χ2v) is 8.05. The van der Waals surface area contributed by atoms with Gasteiger partial charge in [0, 0.05) is 25.8 Å². The smallest absolute Gasteiger partial charge is 0.241 e. The molecule has 3 rings (SSSR count). The van der Waals surface area contributed by atoms with Crippen LogP contribution in [0.5, 0.6) is 0 Å². The zero-order valence-electron chi connectivity index (χ0n) is 14.1. The molecule has 0 radical (unpaired) electrons. The van der Waals surface area contributed by atoms with Gasteiger partial charge in [-0.2, -0.15) is 0 Å². The lowest BCUT2D eigenvalue weighted by Crippen LogP contribution is -2.24. The SMILES string of the molecule is Cc1ccc(C)c(S(=O)(=O)NCc2ccnc(N3CCCC3)c2)c1. The van der Waals surface area contributed by atoms with Crippen molar-refractivity contribution in [2.24, 2.45) is 0 Å². The van der Waals surface area contributed by atoms with Crippen LogP contribution in [0.4, 0.5) is 5.82 Å². The number of pyridine rings is 1. The van der Waals surface area contributed by atoms with Crippen molar-refractivity contribution in [1.29, 1.82) is 0 Å². The van der Waals surface area contributed by atoms with E-state index in [0.717, 1.165) is 35.6 Å². The topological polar surface area (TPSA) is 62.3 Å². The predicted molar refractivity (Wildman–Crippen MR) is 95.6 cm³/mol. The molecular formula is C18H23N3O2S. The van der Waals surface area contributed by atoms with Crippen LogP contribution >= 0.6 is 0 Å². The van der Waals surface area contributed by atoms with Gasteiger partial charge in [0.25, 0.3) is 0 Å². The molecule has 24 heavy (non-hydrogen) atoms. The van der Waals surface area contributed by atoms with E-state index >= 15 is 0 Å². The first-order valence-corrected chi connectivity index (χ1v) is 9.71. The van der Waals surface area contributed by atoms with Crippen LogP contribution in [-0.4, -0.2) is 26.5 Å². The van der Waals surface area contributed by atoms with Crippen LogP contribution in [0.3, 0.4) is 0 Å². The van der Waals surface area contributed by atoms with Crippen LogP contribution in [0, 0.1) is 13.8 Å². The summed E-state index contributed by atoms with van der Waals surface area (Å²) in [5.41, 5.74) is 2.60. The van der Waals surface area contributed by atoms with E-state index in [9.17, 15) is 8.42 Å². The Balaban J connectivity index is 1.75. The molecule has 128 valence electrons. The summed E-state index contributed by atoms with van der Waals surface area (Å²) in [6.45, 7) is 6.00. The van der Waals surface area contributed by atoms with Crippen molar-refractivity contribution in [2.45, 2.75) is 38.1 Å². The Morgan fingerprint density at radius 2 is 1.88 bits per heavy atom. The third kappa shape index (κ3) is 3.76. The van der Waals surface area contributed by atoms with Gasteiger partial charge in [-0.25, -0.2) is 18.1 Å². The standard InChI is InChI=1S/C18H23N3O2S/c1-14-5-6-15(2)17(11-14)24(22,23)20-13-16-7-8-19-18(12-16)21-9-3-4-10-21/h5-8,11-12,20H,3-4,9-10,13H2,1-2H3. The number of aryl methyl sites for hydroxylation is 2. The highest BCUT2D eigenvalue weighted by atomic mass is 32.2. The first-order valence-electron chi connectivity index (χ1n) is 8.22. The summed E-state index contributed by atoms with van der Waals surface area (Å²) in [5.74, 6) is 0.927. The highest BCUT2D eigenvalue weighted by Crippen LogP contribution is 2.20. The second-order valence-electron chi connectivity index (χ2n) is 6.31. The van der Waals surface area contributed by atoms with Crippen molar-refractivity contribution in [1.82, 2.24) is 9.71 Å². The molecule has 5 nitrogen and oxygen atoms in total. The molecule has 0 amide bonds. The van der Waals surface area contributed by atoms with E-state index in [0.29, 0.717) is 4.90 Å². The van der Waals surface area contributed by atoms with Gasteiger partial charge in [-0.3, -0.25) is 0 Å². The van der Waals surface area contributed by atoms with Crippen molar-refractivity contribution >= 4 is 15.8 Å². The van der Waals surface area contributed by atoms with Gasteiger partial charge in [0.1, 0.15) is 5.82 Å². The maximum atomic E-state index is 12.6. The van der Waals surface area contributed by atoms with Crippen molar-refractivity contribution in [2.75, 3.05) is 18.0 Å². The summed E-state index contributed by atoms with van der Waals surface area (Å²) in [6.07, 6.45) is 4.12. The van der Waals surface area contributed by atoms with Gasteiger partial charge in [-0.05, 0) is 61.6 Å². The van der Waals surface area contributed by atoms with Crippen LogP contribution in [0.1, 0.15) is 29.5 Å². The van der Waals surface area contributed by atoms with E-state index in [-0.39, 0.29) is 6.54 Å². The second kappa shape index (κ2) is 6.91. The minimum Gasteiger partial charge on any atom is -0.357 e. The maximum absolute atomic E-state index is 12.6. The summed E-state index contributed by atoms with van der Waals surface area (Å²) in [6, 6.07) is 9.28. The van der Waals surface area contributed by atoms with Crippen LogP contribution in [0.25, 0.3) is 0 Å². The normalized spacial score (nSPS) is 15.0. The van der Waals surface area contributed by atoms with E-state index in [4.69, 9.17) is 0 Å². The quantitative estimate of drug-likeness (QED) is 0.905. The maximum Gasteiger partial charge on any atom is 0.241 e. The average molecular weight is 345 g/mol. The van der Waals surface area contributed by atoms with Crippen LogP contribution in [0.2, 0.25) is 0 Å². The Morgan fingerprint density at radius 1 is 1.12 bits per heavy atom. The molecule has 1 aromatic heterocycles. The highest BCUT2D eigenvalue weighted by Gasteiger charge is 2.17. The van der Waals surface area contributed by atoms with E-state index in [2.05, 4.69) is 14.6 Å². The molecule has 0 aliphatic carbocycles. The summed E-state index contributed by atoms with van der Waals surface area (Å²) < 4.78 is 27.9. The Hall–Kier alpha value is -1.92. The van der Waals surface area contributed by atoms with Gasteiger partial charge in [0.2, 0.25) is 10.0 Å². The molecule has 1 aliphatic heterocycles. The lowest BCUT2D eigenvalue weighted by Gasteiger charge is -2.17. The number of sulfonamides is 1. The molecule has 1 aliphatic rings. The average Bonchev–Trinajstić information content (AvgIpc) is 3.10. The number of benzene rings is 1. The van der Waals surface area contributed by atoms with Crippen molar-refractivity contribution in [3.05, 3.63) is 53.2 Å². The van der Waals surface area contributed by atoms with E-state index < -0.39 is 10.0 Å². The number of hydrogen-bond acceptors (Lipinski definition) is 4. The molecule has 0 atom stereocenters. The lowest BCUT2D eigenvalue weighted by atomic mass is 10.2. The third-order valence-electron chi connectivity index (χ3n) is 4.34. The fraction of sp³-hybridized carbons (Fsp3) is 0.389. The molecule has 0 saturated carbocycles. The molecule has 2 heterocycles. The van der Waals surface area contributed by atoms with E-state index in [1.807, 2.05) is 38.1 Å². The van der Waals surface area contributed by atoms with E-state index in [1.54, 1.807) is 12.3 Å². The first-order chi connectivity index (χ1) is 11.5. The number of hydrogen-bond donors (Lipinski definition) is 1. The largest absolute Gasteiger partial charge is 0.357 e. The molecule has 2 aromatic rings.